The highest BCUT2D eigenvalue weighted by Gasteiger charge is 2.14. The van der Waals surface area contributed by atoms with Gasteiger partial charge < -0.3 is 4.74 Å². The van der Waals surface area contributed by atoms with Crippen LogP contribution in [0.4, 0.5) is 4.39 Å². The highest BCUT2D eigenvalue weighted by Crippen LogP contribution is 2.24. The molecule has 0 aliphatic heterocycles. The van der Waals surface area contributed by atoms with Crippen molar-refractivity contribution in [3.05, 3.63) is 65.4 Å². The zero-order valence-electron chi connectivity index (χ0n) is 14.7. The molecular formula is C19H19FN2O3S2. The molecule has 27 heavy (non-hydrogen) atoms. The Morgan fingerprint density at radius 1 is 1.19 bits per heavy atom. The average molecular weight is 407 g/mol. The van der Waals surface area contributed by atoms with E-state index >= 15 is 0 Å². The molecular weight excluding hydrogens is 387 g/mol. The molecule has 0 atom stereocenters. The first-order valence-corrected chi connectivity index (χ1v) is 10.8. The molecule has 142 valence electrons. The van der Waals surface area contributed by atoms with E-state index in [0.29, 0.717) is 29.3 Å². The number of thiazole rings is 1. The van der Waals surface area contributed by atoms with E-state index in [1.165, 1.54) is 35.6 Å². The smallest absolute Gasteiger partial charge is 0.240 e. The third kappa shape index (κ3) is 5.12. The van der Waals surface area contributed by atoms with E-state index in [4.69, 9.17) is 4.74 Å². The maximum absolute atomic E-state index is 13.3. The summed E-state index contributed by atoms with van der Waals surface area (Å²) in [4.78, 5) is 4.63. The van der Waals surface area contributed by atoms with Gasteiger partial charge in [-0.25, -0.2) is 22.5 Å². The number of sulfonamides is 1. The van der Waals surface area contributed by atoms with Gasteiger partial charge in [0, 0.05) is 23.9 Å². The van der Waals surface area contributed by atoms with Crippen molar-refractivity contribution in [2.45, 2.75) is 18.2 Å². The predicted octanol–water partition coefficient (Wildman–Crippen LogP) is 3.87. The first-order chi connectivity index (χ1) is 13.0. The van der Waals surface area contributed by atoms with Crippen LogP contribution in [-0.2, 0) is 16.4 Å². The minimum atomic E-state index is -3.59. The van der Waals surface area contributed by atoms with Gasteiger partial charge in [0.2, 0.25) is 10.0 Å². The van der Waals surface area contributed by atoms with Crippen LogP contribution in [0.2, 0.25) is 0 Å². The Morgan fingerprint density at radius 3 is 2.67 bits per heavy atom. The van der Waals surface area contributed by atoms with Crippen LogP contribution in [0.1, 0.15) is 12.6 Å². The van der Waals surface area contributed by atoms with Crippen LogP contribution in [0.25, 0.3) is 10.6 Å². The van der Waals surface area contributed by atoms with Crippen molar-refractivity contribution < 1.29 is 17.5 Å². The van der Waals surface area contributed by atoms with E-state index in [1.807, 2.05) is 12.3 Å². The van der Waals surface area contributed by atoms with Crippen molar-refractivity contribution in [2.24, 2.45) is 0 Å². The Hall–Kier alpha value is -2.29. The van der Waals surface area contributed by atoms with Gasteiger partial charge in [-0.15, -0.1) is 11.3 Å². The van der Waals surface area contributed by atoms with E-state index in [9.17, 15) is 12.8 Å². The van der Waals surface area contributed by atoms with Gasteiger partial charge in [-0.1, -0.05) is 12.1 Å². The topological polar surface area (TPSA) is 68.3 Å². The molecule has 5 nitrogen and oxygen atoms in total. The number of aromatic nitrogens is 1. The average Bonchev–Trinajstić information content (AvgIpc) is 3.11. The number of halogens is 1. The normalized spacial score (nSPS) is 11.5. The Kier molecular flexibility index (Phi) is 6.20. The lowest BCUT2D eigenvalue weighted by atomic mass is 10.2. The van der Waals surface area contributed by atoms with E-state index in [1.54, 1.807) is 24.3 Å². The van der Waals surface area contributed by atoms with E-state index in [-0.39, 0.29) is 17.3 Å². The fourth-order valence-electron chi connectivity index (χ4n) is 2.45. The van der Waals surface area contributed by atoms with E-state index in [2.05, 4.69) is 9.71 Å². The molecule has 0 saturated carbocycles. The molecule has 0 spiro atoms. The van der Waals surface area contributed by atoms with Gasteiger partial charge in [-0.2, -0.15) is 0 Å². The number of ether oxygens (including phenoxy) is 1. The SMILES string of the molecule is CCOc1ccc(S(=O)(=O)NCCc2csc(-c3cccc(F)c3)n2)cc1. The Bertz CT molecular complexity index is 1000. The van der Waals surface area contributed by atoms with Gasteiger partial charge in [-0.3, -0.25) is 0 Å². The van der Waals surface area contributed by atoms with Crippen LogP contribution >= 0.6 is 11.3 Å². The zero-order valence-corrected chi connectivity index (χ0v) is 16.3. The van der Waals surface area contributed by atoms with Crippen LogP contribution in [0.5, 0.6) is 5.75 Å². The summed E-state index contributed by atoms with van der Waals surface area (Å²) in [5.41, 5.74) is 1.47. The van der Waals surface area contributed by atoms with Crippen molar-refractivity contribution in [1.29, 1.82) is 0 Å². The van der Waals surface area contributed by atoms with Crippen LogP contribution < -0.4 is 9.46 Å². The van der Waals surface area contributed by atoms with Crippen LogP contribution in [0.3, 0.4) is 0 Å². The Morgan fingerprint density at radius 2 is 1.96 bits per heavy atom. The minimum Gasteiger partial charge on any atom is -0.494 e. The monoisotopic (exact) mass is 406 g/mol. The van der Waals surface area contributed by atoms with Crippen LogP contribution in [0.15, 0.2) is 58.8 Å². The second kappa shape index (κ2) is 8.60. The Balaban J connectivity index is 1.59. The highest BCUT2D eigenvalue weighted by atomic mass is 32.2. The number of benzene rings is 2. The lowest BCUT2D eigenvalue weighted by Gasteiger charge is -2.07. The molecule has 1 N–H and O–H groups in total. The molecule has 0 aliphatic rings. The van der Waals surface area contributed by atoms with Gasteiger partial charge in [0.1, 0.15) is 16.6 Å². The molecule has 0 radical (unpaired) electrons. The van der Waals surface area contributed by atoms with E-state index in [0.717, 1.165) is 5.69 Å². The molecule has 1 aromatic heterocycles. The molecule has 0 bridgehead atoms. The minimum absolute atomic E-state index is 0.185. The molecule has 2 aromatic carbocycles. The number of hydrogen-bond donors (Lipinski definition) is 1. The molecule has 0 aliphatic carbocycles. The fourth-order valence-corrected chi connectivity index (χ4v) is 4.34. The maximum atomic E-state index is 13.3. The summed E-state index contributed by atoms with van der Waals surface area (Å²) in [6.45, 7) is 2.61. The molecule has 8 heteroatoms. The summed E-state index contributed by atoms with van der Waals surface area (Å²) in [5, 5.41) is 2.56. The summed E-state index contributed by atoms with van der Waals surface area (Å²) in [6, 6.07) is 12.5. The molecule has 3 aromatic rings. The maximum Gasteiger partial charge on any atom is 0.240 e. The van der Waals surface area contributed by atoms with Gasteiger partial charge in [0.15, 0.2) is 0 Å². The number of nitrogens with zero attached hydrogens (tertiary/aromatic N) is 1. The second-order valence-electron chi connectivity index (χ2n) is 5.71. The van der Waals surface area contributed by atoms with Gasteiger partial charge >= 0.3 is 0 Å². The quantitative estimate of drug-likeness (QED) is 0.617. The lowest BCUT2D eigenvalue weighted by Crippen LogP contribution is -2.26. The van der Waals surface area contributed by atoms with Gasteiger partial charge in [0.05, 0.1) is 17.2 Å². The molecule has 0 fully saturated rings. The number of nitrogens with one attached hydrogen (secondary N) is 1. The molecule has 0 amide bonds. The van der Waals surface area contributed by atoms with Crippen molar-refractivity contribution in [3.8, 4) is 16.3 Å². The summed E-state index contributed by atoms with van der Waals surface area (Å²) in [5.74, 6) is 0.316. The summed E-state index contributed by atoms with van der Waals surface area (Å²) >= 11 is 1.40. The van der Waals surface area contributed by atoms with E-state index < -0.39 is 10.0 Å². The van der Waals surface area contributed by atoms with Crippen molar-refractivity contribution in [3.63, 3.8) is 0 Å². The standard InChI is InChI=1S/C19H19FN2O3S2/c1-2-25-17-6-8-18(9-7-17)27(23,24)21-11-10-16-13-26-19(22-16)14-4-3-5-15(20)12-14/h3-9,12-13,21H,2,10-11H2,1H3. The van der Waals surface area contributed by atoms with Crippen molar-refractivity contribution in [2.75, 3.05) is 13.2 Å². The second-order valence-corrected chi connectivity index (χ2v) is 8.33. The zero-order chi connectivity index (χ0) is 19.3. The predicted molar refractivity (Wildman–Crippen MR) is 104 cm³/mol. The van der Waals surface area contributed by atoms with Crippen LogP contribution in [-0.4, -0.2) is 26.6 Å². The summed E-state index contributed by atoms with van der Waals surface area (Å²) in [7, 11) is -3.59. The largest absolute Gasteiger partial charge is 0.494 e. The molecule has 0 unspecified atom stereocenters. The molecule has 1 heterocycles. The number of rotatable bonds is 8. The first-order valence-electron chi connectivity index (χ1n) is 8.41. The van der Waals surface area contributed by atoms with Crippen molar-refractivity contribution >= 4 is 21.4 Å². The lowest BCUT2D eigenvalue weighted by molar-refractivity contribution is 0.340. The summed E-state index contributed by atoms with van der Waals surface area (Å²) in [6.07, 6.45) is 0.447. The van der Waals surface area contributed by atoms with Crippen LogP contribution in [0, 0.1) is 5.82 Å². The first kappa shape index (κ1) is 19.5. The molecule has 0 saturated heterocycles. The highest BCUT2D eigenvalue weighted by molar-refractivity contribution is 7.89. The molecule has 3 rings (SSSR count). The fraction of sp³-hybridized carbons (Fsp3) is 0.211. The van der Waals surface area contributed by atoms with Crippen molar-refractivity contribution in [1.82, 2.24) is 9.71 Å². The van der Waals surface area contributed by atoms with Gasteiger partial charge in [-0.05, 0) is 43.3 Å². The third-order valence-corrected chi connectivity index (χ3v) is 6.16. The van der Waals surface area contributed by atoms with Gasteiger partial charge in [0.25, 0.3) is 0 Å². The third-order valence-electron chi connectivity index (χ3n) is 3.74. The summed E-state index contributed by atoms with van der Waals surface area (Å²) < 4.78 is 45.9. The number of hydrogen-bond acceptors (Lipinski definition) is 5. The Labute approximate surface area is 161 Å².